The number of hydrogen-bond donors (Lipinski definition) is 1. The summed E-state index contributed by atoms with van der Waals surface area (Å²) in [5.41, 5.74) is 0.715. The highest BCUT2D eigenvalue weighted by atomic mass is 32.2. The van der Waals surface area contributed by atoms with Crippen molar-refractivity contribution >= 4 is 35.2 Å². The number of carbonyl (C=O) groups is 3. The molecule has 3 amide bonds. The Bertz CT molecular complexity index is 849. The smallest absolute Gasteiger partial charge is 0.248 e. The predicted octanol–water partition coefficient (Wildman–Crippen LogP) is 2.68. The van der Waals surface area contributed by atoms with Crippen LogP contribution in [-0.2, 0) is 14.4 Å². The van der Waals surface area contributed by atoms with Crippen LogP contribution in [0.3, 0.4) is 0 Å². The topological polar surface area (TPSA) is 93.5 Å². The highest BCUT2D eigenvalue weighted by Crippen LogP contribution is 2.29. The van der Waals surface area contributed by atoms with Crippen LogP contribution in [0.15, 0.2) is 24.3 Å². The van der Waals surface area contributed by atoms with Gasteiger partial charge in [-0.05, 0) is 37.1 Å². The Morgan fingerprint density at radius 1 is 1.13 bits per heavy atom. The van der Waals surface area contributed by atoms with Gasteiger partial charge in [-0.1, -0.05) is 20.8 Å². The molecule has 160 valence electrons. The lowest BCUT2D eigenvalue weighted by atomic mass is 9.90. The van der Waals surface area contributed by atoms with Crippen molar-refractivity contribution in [2.45, 2.75) is 39.7 Å². The first kappa shape index (κ1) is 22.2. The summed E-state index contributed by atoms with van der Waals surface area (Å²) in [7, 11) is 0. The Balaban J connectivity index is 1.58. The van der Waals surface area contributed by atoms with Crippen LogP contribution in [0.1, 0.15) is 39.2 Å². The van der Waals surface area contributed by atoms with E-state index in [0.29, 0.717) is 48.8 Å². The minimum Gasteiger partial charge on any atom is -0.342 e. The third-order valence-corrected chi connectivity index (χ3v) is 6.53. The molecule has 2 aliphatic rings. The van der Waals surface area contributed by atoms with Gasteiger partial charge in [-0.25, -0.2) is 0 Å². The van der Waals surface area contributed by atoms with E-state index in [-0.39, 0.29) is 23.6 Å². The second kappa shape index (κ2) is 9.09. The van der Waals surface area contributed by atoms with Gasteiger partial charge in [-0.15, -0.1) is 11.8 Å². The van der Waals surface area contributed by atoms with Crippen molar-refractivity contribution in [1.29, 1.82) is 5.26 Å². The molecule has 0 saturated carbocycles. The molecule has 1 aromatic rings. The minimum absolute atomic E-state index is 0.00263. The maximum atomic E-state index is 13.1. The number of benzene rings is 1. The third kappa shape index (κ3) is 4.96. The molecule has 3 rings (SSSR count). The highest BCUT2D eigenvalue weighted by Gasteiger charge is 2.39. The zero-order valence-corrected chi connectivity index (χ0v) is 18.5. The van der Waals surface area contributed by atoms with Crippen molar-refractivity contribution in [2.75, 3.05) is 30.0 Å². The van der Waals surface area contributed by atoms with E-state index in [1.807, 2.05) is 31.7 Å². The van der Waals surface area contributed by atoms with Crippen molar-refractivity contribution in [2.24, 2.45) is 11.3 Å². The fourth-order valence-corrected chi connectivity index (χ4v) is 4.93. The lowest BCUT2D eigenvalue weighted by molar-refractivity contribution is -0.146. The van der Waals surface area contributed by atoms with E-state index in [1.165, 1.54) is 0 Å². The minimum atomic E-state index is -0.507. The Morgan fingerprint density at radius 2 is 1.77 bits per heavy atom. The summed E-state index contributed by atoms with van der Waals surface area (Å²) >= 11 is 1.57. The number of hydrogen-bond acceptors (Lipinski definition) is 5. The fourth-order valence-electron chi connectivity index (χ4n) is 3.77. The molecule has 0 radical (unpaired) electrons. The maximum Gasteiger partial charge on any atom is 0.248 e. The second-order valence-corrected chi connectivity index (χ2v) is 9.82. The molecule has 2 heterocycles. The fraction of sp³-hybridized carbons (Fsp3) is 0.545. The van der Waals surface area contributed by atoms with E-state index >= 15 is 0 Å². The number of carbonyl (C=O) groups excluding carboxylic acids is 3. The summed E-state index contributed by atoms with van der Waals surface area (Å²) in [5.74, 6) is 0.824. The molecule has 30 heavy (non-hydrogen) atoms. The highest BCUT2D eigenvalue weighted by molar-refractivity contribution is 7.99. The largest absolute Gasteiger partial charge is 0.342 e. The first-order chi connectivity index (χ1) is 14.2. The molecule has 1 aromatic carbocycles. The van der Waals surface area contributed by atoms with Crippen LogP contribution in [0.25, 0.3) is 0 Å². The Morgan fingerprint density at radius 3 is 2.33 bits per heavy atom. The SMILES string of the molecule is CC(C)(C)C(=O)N1CCC(C(=O)N2CSCC2C(=O)Nc2ccc(C#N)cc2)CC1. The molecule has 0 spiro atoms. The zero-order valence-electron chi connectivity index (χ0n) is 17.7. The Hall–Kier alpha value is -2.53. The monoisotopic (exact) mass is 428 g/mol. The predicted molar refractivity (Wildman–Crippen MR) is 117 cm³/mol. The number of piperidine rings is 1. The summed E-state index contributed by atoms with van der Waals surface area (Å²) in [6, 6.07) is 8.21. The van der Waals surface area contributed by atoms with Crippen molar-refractivity contribution < 1.29 is 14.4 Å². The molecular weight excluding hydrogens is 400 g/mol. The lowest BCUT2D eigenvalue weighted by Gasteiger charge is -2.37. The van der Waals surface area contributed by atoms with E-state index in [4.69, 9.17) is 5.26 Å². The number of nitriles is 1. The average Bonchev–Trinajstić information content (AvgIpc) is 3.23. The number of nitrogens with zero attached hydrogens (tertiary/aromatic N) is 3. The van der Waals surface area contributed by atoms with Crippen molar-refractivity contribution in [3.8, 4) is 6.07 Å². The van der Waals surface area contributed by atoms with E-state index in [0.717, 1.165) is 0 Å². The molecule has 0 bridgehead atoms. The molecule has 2 saturated heterocycles. The summed E-state index contributed by atoms with van der Waals surface area (Å²) in [6.07, 6.45) is 1.26. The summed E-state index contributed by atoms with van der Waals surface area (Å²) < 4.78 is 0. The van der Waals surface area contributed by atoms with Crippen molar-refractivity contribution in [3.05, 3.63) is 29.8 Å². The van der Waals surface area contributed by atoms with Crippen LogP contribution in [0, 0.1) is 22.7 Å². The van der Waals surface area contributed by atoms with Crippen LogP contribution < -0.4 is 5.32 Å². The van der Waals surface area contributed by atoms with Gasteiger partial charge in [0.2, 0.25) is 17.7 Å². The van der Waals surface area contributed by atoms with Gasteiger partial charge in [0.15, 0.2) is 0 Å². The molecule has 1 N–H and O–H groups in total. The average molecular weight is 429 g/mol. The first-order valence-electron chi connectivity index (χ1n) is 10.2. The van der Waals surface area contributed by atoms with Crippen LogP contribution in [0.4, 0.5) is 5.69 Å². The Labute approximate surface area is 181 Å². The summed E-state index contributed by atoms with van der Waals surface area (Å²) in [4.78, 5) is 41.9. The quantitative estimate of drug-likeness (QED) is 0.799. The van der Waals surface area contributed by atoms with E-state index < -0.39 is 11.5 Å². The van der Waals surface area contributed by atoms with Crippen molar-refractivity contribution in [3.63, 3.8) is 0 Å². The number of nitrogens with one attached hydrogen (secondary N) is 1. The van der Waals surface area contributed by atoms with Gasteiger partial charge >= 0.3 is 0 Å². The molecule has 0 aliphatic carbocycles. The molecule has 2 aliphatic heterocycles. The van der Waals surface area contributed by atoms with Gasteiger partial charge in [0.25, 0.3) is 0 Å². The van der Waals surface area contributed by atoms with Gasteiger partial charge in [-0.2, -0.15) is 5.26 Å². The molecular formula is C22H28N4O3S. The zero-order chi connectivity index (χ0) is 21.9. The van der Waals surface area contributed by atoms with E-state index in [2.05, 4.69) is 5.32 Å². The maximum absolute atomic E-state index is 13.1. The normalized spacial score (nSPS) is 20.0. The third-order valence-electron chi connectivity index (χ3n) is 5.52. The number of thioether (sulfide) groups is 1. The molecule has 0 aromatic heterocycles. The van der Waals surface area contributed by atoms with Gasteiger partial charge < -0.3 is 15.1 Å². The van der Waals surface area contributed by atoms with Gasteiger partial charge in [0.1, 0.15) is 6.04 Å². The summed E-state index contributed by atoms with van der Waals surface area (Å²) in [5, 5.41) is 11.7. The molecule has 2 fully saturated rings. The Kier molecular flexibility index (Phi) is 6.71. The molecule has 7 nitrogen and oxygen atoms in total. The van der Waals surface area contributed by atoms with Gasteiger partial charge in [0, 0.05) is 35.9 Å². The van der Waals surface area contributed by atoms with E-state index in [1.54, 1.807) is 40.9 Å². The number of amides is 3. The lowest BCUT2D eigenvalue weighted by Crippen LogP contribution is -2.50. The first-order valence-corrected chi connectivity index (χ1v) is 11.3. The van der Waals surface area contributed by atoms with E-state index in [9.17, 15) is 14.4 Å². The van der Waals surface area contributed by atoms with Crippen LogP contribution in [0.2, 0.25) is 0 Å². The number of anilines is 1. The van der Waals surface area contributed by atoms with Crippen LogP contribution >= 0.6 is 11.8 Å². The number of likely N-dealkylation sites (tertiary alicyclic amines) is 1. The van der Waals surface area contributed by atoms with Gasteiger partial charge in [-0.3, -0.25) is 14.4 Å². The standard InChI is InChI=1S/C22H28N4O3S/c1-22(2,3)21(29)25-10-8-16(9-11-25)20(28)26-14-30-13-18(26)19(27)24-17-6-4-15(12-23)5-7-17/h4-7,16,18H,8-11,13-14H2,1-3H3,(H,24,27). The van der Waals surface area contributed by atoms with Crippen LogP contribution in [-0.4, -0.2) is 58.3 Å². The molecule has 1 unspecified atom stereocenters. The molecule has 8 heteroatoms. The van der Waals surface area contributed by atoms with Crippen molar-refractivity contribution in [1.82, 2.24) is 9.80 Å². The molecule has 1 atom stereocenters. The van der Waals surface area contributed by atoms with Gasteiger partial charge in [0.05, 0.1) is 17.5 Å². The number of rotatable bonds is 3. The van der Waals surface area contributed by atoms with Crippen LogP contribution in [0.5, 0.6) is 0 Å². The summed E-state index contributed by atoms with van der Waals surface area (Å²) in [6.45, 7) is 6.88. The second-order valence-electron chi connectivity index (χ2n) is 8.82.